The predicted molar refractivity (Wildman–Crippen MR) is 153 cm³/mol. The van der Waals surface area contributed by atoms with Gasteiger partial charge in [0.15, 0.2) is 0 Å². The summed E-state index contributed by atoms with van der Waals surface area (Å²) < 4.78 is 7.55. The SMILES string of the molecule is CCOc1cccc(C2C(C(=O)Nc3ccccc3C)=C(C)Nc3nc(SCc4ccccc4Cl)nn32)c1. The Labute approximate surface area is 231 Å². The van der Waals surface area contributed by atoms with Gasteiger partial charge in [-0.1, -0.05) is 71.9 Å². The average Bonchev–Trinajstić information content (AvgIpc) is 3.31. The van der Waals surface area contributed by atoms with E-state index in [1.807, 2.05) is 93.6 Å². The van der Waals surface area contributed by atoms with Gasteiger partial charge in [-0.05, 0) is 61.7 Å². The van der Waals surface area contributed by atoms with Crippen LogP contribution < -0.4 is 15.4 Å². The molecule has 5 rings (SSSR count). The van der Waals surface area contributed by atoms with E-state index in [1.54, 1.807) is 4.68 Å². The fourth-order valence-electron chi connectivity index (χ4n) is 4.40. The number of hydrogen-bond donors (Lipinski definition) is 2. The van der Waals surface area contributed by atoms with E-state index in [4.69, 9.17) is 26.4 Å². The molecule has 1 atom stereocenters. The summed E-state index contributed by atoms with van der Waals surface area (Å²) in [7, 11) is 0. The maximum atomic E-state index is 13.8. The van der Waals surface area contributed by atoms with Gasteiger partial charge < -0.3 is 15.4 Å². The van der Waals surface area contributed by atoms with Crippen molar-refractivity contribution in [2.24, 2.45) is 0 Å². The number of fused-ring (bicyclic) bond motifs is 1. The van der Waals surface area contributed by atoms with Crippen molar-refractivity contribution in [2.75, 3.05) is 17.2 Å². The monoisotopic (exact) mass is 545 g/mol. The number of thioether (sulfide) groups is 1. The second kappa shape index (κ2) is 11.3. The first-order valence-corrected chi connectivity index (χ1v) is 13.7. The number of para-hydroxylation sites is 1. The number of anilines is 2. The zero-order chi connectivity index (χ0) is 26.6. The van der Waals surface area contributed by atoms with Crippen molar-refractivity contribution in [2.45, 2.75) is 37.7 Å². The second-order valence-corrected chi connectivity index (χ2v) is 10.2. The molecule has 1 unspecified atom stereocenters. The van der Waals surface area contributed by atoms with Gasteiger partial charge in [0.1, 0.15) is 11.8 Å². The van der Waals surface area contributed by atoms with Crippen LogP contribution in [0.5, 0.6) is 5.75 Å². The molecule has 3 aromatic carbocycles. The molecule has 1 aliphatic heterocycles. The summed E-state index contributed by atoms with van der Waals surface area (Å²) in [6.45, 7) is 6.35. The van der Waals surface area contributed by atoms with Gasteiger partial charge in [0, 0.05) is 22.2 Å². The van der Waals surface area contributed by atoms with Gasteiger partial charge in [0.2, 0.25) is 11.1 Å². The van der Waals surface area contributed by atoms with Crippen LogP contribution in [0.1, 0.15) is 36.6 Å². The minimum Gasteiger partial charge on any atom is -0.494 e. The fraction of sp³-hybridized carbons (Fsp3) is 0.207. The number of carbonyl (C=O) groups is 1. The Hall–Kier alpha value is -3.75. The highest BCUT2D eigenvalue weighted by Gasteiger charge is 2.34. The van der Waals surface area contributed by atoms with E-state index in [0.29, 0.717) is 39.8 Å². The highest BCUT2D eigenvalue weighted by molar-refractivity contribution is 7.98. The van der Waals surface area contributed by atoms with Crippen LogP contribution in [0.3, 0.4) is 0 Å². The third-order valence-electron chi connectivity index (χ3n) is 6.27. The topological polar surface area (TPSA) is 81.1 Å². The van der Waals surface area contributed by atoms with Crippen molar-refractivity contribution in [1.29, 1.82) is 0 Å². The van der Waals surface area contributed by atoms with Gasteiger partial charge in [-0.3, -0.25) is 4.79 Å². The minimum atomic E-state index is -0.502. The van der Waals surface area contributed by atoms with Crippen molar-refractivity contribution in [1.82, 2.24) is 14.8 Å². The van der Waals surface area contributed by atoms with Crippen molar-refractivity contribution >= 4 is 40.9 Å². The van der Waals surface area contributed by atoms with Crippen LogP contribution in [0, 0.1) is 6.92 Å². The highest BCUT2D eigenvalue weighted by Crippen LogP contribution is 2.38. The Morgan fingerprint density at radius 3 is 2.68 bits per heavy atom. The van der Waals surface area contributed by atoms with Crippen LogP contribution in [-0.4, -0.2) is 27.3 Å². The Bertz CT molecular complexity index is 1520. The molecular weight excluding hydrogens is 518 g/mol. The summed E-state index contributed by atoms with van der Waals surface area (Å²) in [5.41, 5.74) is 4.90. The van der Waals surface area contributed by atoms with E-state index in [9.17, 15) is 4.79 Å². The number of aromatic nitrogens is 3. The molecule has 0 aliphatic carbocycles. The first-order chi connectivity index (χ1) is 18.4. The third kappa shape index (κ3) is 5.42. The summed E-state index contributed by atoms with van der Waals surface area (Å²) in [6.07, 6.45) is 0. The van der Waals surface area contributed by atoms with Crippen LogP contribution in [0.4, 0.5) is 11.6 Å². The highest BCUT2D eigenvalue weighted by atomic mass is 35.5. The van der Waals surface area contributed by atoms with E-state index in [0.717, 1.165) is 28.1 Å². The lowest BCUT2D eigenvalue weighted by molar-refractivity contribution is -0.113. The largest absolute Gasteiger partial charge is 0.494 e. The van der Waals surface area contributed by atoms with Crippen LogP contribution in [0.15, 0.2) is 89.2 Å². The smallest absolute Gasteiger partial charge is 0.255 e. The Balaban J connectivity index is 1.52. The number of nitrogens with one attached hydrogen (secondary N) is 2. The Morgan fingerprint density at radius 2 is 1.89 bits per heavy atom. The standard InChI is InChI=1S/C29H28ClN5O2S/c1-4-37-22-13-9-12-20(16-22)26-25(27(36)32-24-15-8-5-10-18(24)2)19(3)31-28-33-29(34-35(26)28)38-17-21-11-6-7-14-23(21)30/h5-16,26H,4,17H2,1-3H3,(H,32,36)(H,31,33,34). The predicted octanol–water partition coefficient (Wildman–Crippen LogP) is 6.86. The van der Waals surface area contributed by atoms with E-state index >= 15 is 0 Å². The van der Waals surface area contributed by atoms with Gasteiger partial charge in [0.05, 0.1) is 12.2 Å². The van der Waals surface area contributed by atoms with E-state index in [-0.39, 0.29) is 5.91 Å². The number of aryl methyl sites for hydroxylation is 1. The number of allylic oxidation sites excluding steroid dienone is 1. The number of hydrogen-bond acceptors (Lipinski definition) is 6. The fourth-order valence-corrected chi connectivity index (χ4v) is 5.51. The zero-order valence-corrected chi connectivity index (χ0v) is 22.9. The summed E-state index contributed by atoms with van der Waals surface area (Å²) >= 11 is 7.85. The molecule has 0 fully saturated rings. The van der Waals surface area contributed by atoms with Gasteiger partial charge in [-0.2, -0.15) is 4.98 Å². The molecule has 1 aliphatic rings. The molecule has 194 valence electrons. The van der Waals surface area contributed by atoms with Gasteiger partial charge >= 0.3 is 0 Å². The molecule has 2 heterocycles. The molecule has 2 N–H and O–H groups in total. The zero-order valence-electron chi connectivity index (χ0n) is 21.4. The molecule has 38 heavy (non-hydrogen) atoms. The maximum absolute atomic E-state index is 13.8. The van der Waals surface area contributed by atoms with Crippen LogP contribution >= 0.6 is 23.4 Å². The molecule has 0 saturated heterocycles. The van der Waals surface area contributed by atoms with Gasteiger partial charge in [-0.25, -0.2) is 4.68 Å². The number of nitrogens with zero attached hydrogens (tertiary/aromatic N) is 3. The number of halogens is 1. The van der Waals surface area contributed by atoms with Crippen molar-refractivity contribution in [3.63, 3.8) is 0 Å². The molecule has 0 spiro atoms. The molecule has 0 saturated carbocycles. The number of carbonyl (C=O) groups excluding carboxylic acids is 1. The number of rotatable bonds is 8. The van der Waals surface area contributed by atoms with Crippen molar-refractivity contribution in [3.8, 4) is 5.75 Å². The third-order valence-corrected chi connectivity index (χ3v) is 7.53. The Kier molecular flexibility index (Phi) is 7.72. The van der Waals surface area contributed by atoms with Crippen LogP contribution in [-0.2, 0) is 10.5 Å². The van der Waals surface area contributed by atoms with Crippen LogP contribution in [0.25, 0.3) is 0 Å². The quantitative estimate of drug-likeness (QED) is 0.235. The lowest BCUT2D eigenvalue weighted by Gasteiger charge is -2.29. The second-order valence-electron chi connectivity index (χ2n) is 8.88. The molecule has 1 aromatic heterocycles. The molecule has 1 amide bonds. The minimum absolute atomic E-state index is 0.206. The van der Waals surface area contributed by atoms with Gasteiger partial charge in [-0.15, -0.1) is 5.10 Å². The normalized spacial score (nSPS) is 14.6. The van der Waals surface area contributed by atoms with Crippen molar-refractivity contribution < 1.29 is 9.53 Å². The van der Waals surface area contributed by atoms with Crippen LogP contribution in [0.2, 0.25) is 5.02 Å². The van der Waals surface area contributed by atoms with Gasteiger partial charge in [0.25, 0.3) is 5.91 Å². The lowest BCUT2D eigenvalue weighted by Crippen LogP contribution is -2.31. The number of ether oxygens (including phenoxy) is 1. The Morgan fingerprint density at radius 1 is 1.11 bits per heavy atom. The average molecular weight is 546 g/mol. The molecule has 7 nitrogen and oxygen atoms in total. The molecule has 0 bridgehead atoms. The summed E-state index contributed by atoms with van der Waals surface area (Å²) in [4.78, 5) is 18.5. The summed E-state index contributed by atoms with van der Waals surface area (Å²) in [6, 6.07) is 22.7. The number of benzene rings is 3. The molecular formula is C29H28ClN5O2S. The molecule has 0 radical (unpaired) electrons. The maximum Gasteiger partial charge on any atom is 0.255 e. The summed E-state index contributed by atoms with van der Waals surface area (Å²) in [5, 5.41) is 12.5. The first kappa shape index (κ1) is 25.9. The van der Waals surface area contributed by atoms with Crippen molar-refractivity contribution in [3.05, 3.63) is 106 Å². The first-order valence-electron chi connectivity index (χ1n) is 12.3. The van der Waals surface area contributed by atoms with E-state index in [2.05, 4.69) is 10.6 Å². The van der Waals surface area contributed by atoms with E-state index < -0.39 is 6.04 Å². The molecule has 9 heteroatoms. The lowest BCUT2D eigenvalue weighted by atomic mass is 9.94. The van der Waals surface area contributed by atoms with E-state index in [1.165, 1.54) is 11.8 Å². The molecule has 4 aromatic rings. The summed E-state index contributed by atoms with van der Waals surface area (Å²) in [5.74, 6) is 1.72. The number of amides is 1.